The molecule has 116 valence electrons. The molecule has 1 N–H and O–H groups in total. The van der Waals surface area contributed by atoms with Crippen LogP contribution >= 0.6 is 11.8 Å². The molecule has 1 aliphatic heterocycles. The summed E-state index contributed by atoms with van der Waals surface area (Å²) >= 11 is 1.84. The molecule has 1 saturated heterocycles. The first-order chi connectivity index (χ1) is 9.94. The van der Waals surface area contributed by atoms with Crippen molar-refractivity contribution in [3.8, 4) is 0 Å². The van der Waals surface area contributed by atoms with E-state index in [-0.39, 0.29) is 22.0 Å². The number of nitrogens with zero attached hydrogens (tertiary/aromatic N) is 2. The van der Waals surface area contributed by atoms with E-state index in [9.17, 15) is 9.18 Å². The lowest BCUT2D eigenvalue weighted by Gasteiger charge is -2.37. The minimum absolute atomic E-state index is 0.0146. The predicted octanol–water partition coefficient (Wildman–Crippen LogP) is 3.01. The molecule has 1 aromatic rings. The van der Waals surface area contributed by atoms with Gasteiger partial charge in [-0.2, -0.15) is 11.8 Å². The van der Waals surface area contributed by atoms with Crippen molar-refractivity contribution in [2.45, 2.75) is 31.9 Å². The second-order valence-corrected chi connectivity index (χ2v) is 7.58. The highest BCUT2D eigenvalue weighted by atomic mass is 32.2. The second-order valence-electron chi connectivity index (χ2n) is 5.78. The highest BCUT2D eigenvalue weighted by molar-refractivity contribution is 8.00. The van der Waals surface area contributed by atoms with Gasteiger partial charge in [-0.15, -0.1) is 0 Å². The Balaban J connectivity index is 2.19. The Morgan fingerprint density at radius 2 is 2.33 bits per heavy atom. The number of hydrogen-bond acceptors (Lipinski definition) is 4. The Labute approximate surface area is 129 Å². The maximum atomic E-state index is 14.4. The maximum Gasteiger partial charge on any atom is 0.257 e. The Morgan fingerprint density at radius 3 is 3.00 bits per heavy atom. The van der Waals surface area contributed by atoms with Gasteiger partial charge in [0.05, 0.1) is 5.56 Å². The van der Waals surface area contributed by atoms with E-state index >= 15 is 0 Å². The Kier molecular flexibility index (Phi) is 5.08. The van der Waals surface area contributed by atoms with Crippen LogP contribution in [0.2, 0.25) is 0 Å². The fourth-order valence-corrected chi connectivity index (χ4v) is 3.45. The van der Waals surface area contributed by atoms with E-state index < -0.39 is 5.82 Å². The molecule has 6 heteroatoms. The second kappa shape index (κ2) is 6.64. The van der Waals surface area contributed by atoms with Crippen molar-refractivity contribution >= 4 is 23.5 Å². The van der Waals surface area contributed by atoms with Crippen molar-refractivity contribution in [1.29, 1.82) is 0 Å². The Morgan fingerprint density at radius 1 is 1.57 bits per heavy atom. The average molecular weight is 311 g/mol. The maximum absolute atomic E-state index is 14.4. The van der Waals surface area contributed by atoms with Gasteiger partial charge in [-0.05, 0) is 26.3 Å². The molecule has 0 atom stereocenters. The van der Waals surface area contributed by atoms with E-state index in [0.29, 0.717) is 19.6 Å². The summed E-state index contributed by atoms with van der Waals surface area (Å²) in [5.41, 5.74) is 0.103. The van der Waals surface area contributed by atoms with E-state index in [0.717, 1.165) is 12.2 Å². The fraction of sp³-hybridized carbons (Fsp3) is 0.600. The Bertz CT molecular complexity index is 522. The molecule has 0 aromatic carbocycles. The number of amides is 1. The van der Waals surface area contributed by atoms with Gasteiger partial charge in [0.15, 0.2) is 11.6 Å². The zero-order chi connectivity index (χ0) is 15.5. The van der Waals surface area contributed by atoms with Gasteiger partial charge in [0.2, 0.25) is 0 Å². The summed E-state index contributed by atoms with van der Waals surface area (Å²) in [6.07, 6.45) is 2.36. The van der Waals surface area contributed by atoms with E-state index in [1.54, 1.807) is 4.90 Å². The number of carbonyl (C=O) groups excluding carboxylic acids is 1. The summed E-state index contributed by atoms with van der Waals surface area (Å²) in [5, 5.41) is 2.92. The summed E-state index contributed by atoms with van der Waals surface area (Å²) < 4.78 is 14.4. The van der Waals surface area contributed by atoms with E-state index in [4.69, 9.17) is 0 Å². The molecule has 1 aromatic heterocycles. The normalized spacial score (nSPS) is 17.6. The van der Waals surface area contributed by atoms with Crippen LogP contribution in [-0.4, -0.2) is 45.9 Å². The van der Waals surface area contributed by atoms with Crippen LogP contribution in [0.15, 0.2) is 12.3 Å². The van der Waals surface area contributed by atoms with Crippen molar-refractivity contribution in [1.82, 2.24) is 9.88 Å². The van der Waals surface area contributed by atoms with Crippen molar-refractivity contribution in [3.63, 3.8) is 0 Å². The topological polar surface area (TPSA) is 45.2 Å². The molecule has 0 bridgehead atoms. The monoisotopic (exact) mass is 311 g/mol. The third-order valence-electron chi connectivity index (χ3n) is 3.37. The summed E-state index contributed by atoms with van der Waals surface area (Å²) in [7, 11) is 0. The van der Waals surface area contributed by atoms with Crippen molar-refractivity contribution in [2.24, 2.45) is 0 Å². The Hall–Kier alpha value is -1.30. The molecule has 2 heterocycles. The molecule has 2 rings (SSSR count). The minimum Gasteiger partial charge on any atom is -0.368 e. The lowest BCUT2D eigenvalue weighted by atomic mass is 10.1. The van der Waals surface area contributed by atoms with Crippen molar-refractivity contribution in [3.05, 3.63) is 23.6 Å². The van der Waals surface area contributed by atoms with Gasteiger partial charge >= 0.3 is 0 Å². The standard InChI is InChI=1S/C15H22FN3OS/c1-4-6-17-13-12(16)11(5-7-18-13)14(20)19-8-9-21-15(2,3)10-19/h5,7H,4,6,8-10H2,1-3H3,(H,17,18). The van der Waals surface area contributed by atoms with Crippen LogP contribution < -0.4 is 5.32 Å². The van der Waals surface area contributed by atoms with Gasteiger partial charge in [-0.3, -0.25) is 4.79 Å². The number of aromatic nitrogens is 1. The zero-order valence-corrected chi connectivity index (χ0v) is 13.6. The largest absolute Gasteiger partial charge is 0.368 e. The first kappa shape index (κ1) is 16.1. The number of halogens is 1. The van der Waals surface area contributed by atoms with Crippen LogP contribution in [0.25, 0.3) is 0 Å². The molecule has 4 nitrogen and oxygen atoms in total. The summed E-state index contributed by atoms with van der Waals surface area (Å²) in [4.78, 5) is 18.3. The number of pyridine rings is 1. The summed E-state index contributed by atoms with van der Waals surface area (Å²) in [6.45, 7) is 8.13. The van der Waals surface area contributed by atoms with Crippen molar-refractivity contribution < 1.29 is 9.18 Å². The van der Waals surface area contributed by atoms with Crippen LogP contribution in [0, 0.1) is 5.82 Å². The third-order valence-corrected chi connectivity index (χ3v) is 4.67. The van der Waals surface area contributed by atoms with Gasteiger partial charge in [0.25, 0.3) is 5.91 Å². The van der Waals surface area contributed by atoms with Crippen LogP contribution in [0.5, 0.6) is 0 Å². The smallest absolute Gasteiger partial charge is 0.257 e. The molecule has 1 fully saturated rings. The molecule has 0 aliphatic carbocycles. The minimum atomic E-state index is -0.549. The van der Waals surface area contributed by atoms with Crippen LogP contribution in [0.3, 0.4) is 0 Å². The molecule has 0 spiro atoms. The molecule has 21 heavy (non-hydrogen) atoms. The van der Waals surface area contributed by atoms with Crippen LogP contribution in [-0.2, 0) is 0 Å². The van der Waals surface area contributed by atoms with Gasteiger partial charge in [0, 0.05) is 36.3 Å². The van der Waals surface area contributed by atoms with Gasteiger partial charge in [-0.1, -0.05) is 6.92 Å². The molecule has 1 aliphatic rings. The number of hydrogen-bond donors (Lipinski definition) is 1. The number of thioether (sulfide) groups is 1. The van der Waals surface area contributed by atoms with Crippen LogP contribution in [0.1, 0.15) is 37.6 Å². The highest BCUT2D eigenvalue weighted by Crippen LogP contribution is 2.30. The average Bonchev–Trinajstić information content (AvgIpc) is 2.44. The first-order valence-electron chi connectivity index (χ1n) is 7.26. The summed E-state index contributed by atoms with van der Waals surface area (Å²) in [6, 6.07) is 1.46. The summed E-state index contributed by atoms with van der Waals surface area (Å²) in [5.74, 6) is 0.245. The van der Waals surface area contributed by atoms with E-state index in [1.807, 2.05) is 18.7 Å². The zero-order valence-electron chi connectivity index (χ0n) is 12.8. The molecular formula is C15H22FN3OS. The first-order valence-corrected chi connectivity index (χ1v) is 8.25. The van der Waals surface area contributed by atoms with E-state index in [1.165, 1.54) is 12.3 Å². The van der Waals surface area contributed by atoms with Gasteiger partial charge in [0.1, 0.15) is 0 Å². The molecule has 0 saturated carbocycles. The van der Waals surface area contributed by atoms with Gasteiger partial charge in [-0.25, -0.2) is 9.37 Å². The lowest BCUT2D eigenvalue weighted by Crippen LogP contribution is -2.46. The quantitative estimate of drug-likeness (QED) is 0.928. The number of anilines is 1. The van der Waals surface area contributed by atoms with Gasteiger partial charge < -0.3 is 10.2 Å². The highest BCUT2D eigenvalue weighted by Gasteiger charge is 2.31. The lowest BCUT2D eigenvalue weighted by molar-refractivity contribution is 0.0743. The molecular weight excluding hydrogens is 289 g/mol. The predicted molar refractivity (Wildman–Crippen MR) is 85.4 cm³/mol. The van der Waals surface area contributed by atoms with Crippen molar-refractivity contribution in [2.75, 3.05) is 30.7 Å². The third kappa shape index (κ3) is 3.87. The number of rotatable bonds is 4. The fourth-order valence-electron chi connectivity index (χ4n) is 2.34. The van der Waals surface area contributed by atoms with Crippen LogP contribution in [0.4, 0.5) is 10.2 Å². The van der Waals surface area contributed by atoms with E-state index in [2.05, 4.69) is 24.1 Å². The molecule has 0 unspecified atom stereocenters. The SMILES string of the molecule is CCCNc1nccc(C(=O)N2CCSC(C)(C)C2)c1F. The molecule has 1 amide bonds. The number of carbonyl (C=O) groups is 1. The number of nitrogens with one attached hydrogen (secondary N) is 1. The molecule has 0 radical (unpaired) electrons.